The Morgan fingerprint density at radius 1 is 1.09 bits per heavy atom. The van der Waals surface area contributed by atoms with Crippen LogP contribution < -0.4 is 9.62 Å². The molecule has 6 rings (SSSR count). The smallest absolute Gasteiger partial charge is 0.290 e. The zero-order valence-corrected chi connectivity index (χ0v) is 25.5. The van der Waals surface area contributed by atoms with Crippen molar-refractivity contribution in [3.63, 3.8) is 0 Å². The fraction of sp³-hybridized carbons (Fsp3) is 0.258. The lowest BCUT2D eigenvalue weighted by atomic mass is 9.98. The molecule has 2 aromatic carbocycles. The summed E-state index contributed by atoms with van der Waals surface area (Å²) in [5, 5.41) is 3.57. The van der Waals surface area contributed by atoms with Crippen molar-refractivity contribution in [2.45, 2.75) is 32.1 Å². The quantitative estimate of drug-likeness (QED) is 0.224. The highest BCUT2D eigenvalue weighted by Crippen LogP contribution is 2.45. The summed E-state index contributed by atoms with van der Waals surface area (Å²) in [6.45, 7) is 1.95. The van der Waals surface area contributed by atoms with E-state index in [-0.39, 0.29) is 18.0 Å². The van der Waals surface area contributed by atoms with Crippen LogP contribution in [0.5, 0.6) is 0 Å². The molecule has 222 valence electrons. The molecule has 5 aromatic rings. The van der Waals surface area contributed by atoms with Gasteiger partial charge in [-0.15, -0.1) is 11.3 Å². The Labute approximate surface area is 251 Å². The highest BCUT2D eigenvalue weighted by molar-refractivity contribution is 7.92. The topological polar surface area (TPSA) is 105 Å². The van der Waals surface area contributed by atoms with Gasteiger partial charge in [-0.05, 0) is 31.9 Å². The van der Waals surface area contributed by atoms with Crippen molar-refractivity contribution in [3.8, 4) is 33.0 Å². The molecule has 0 saturated carbocycles. The van der Waals surface area contributed by atoms with Crippen LogP contribution in [0.3, 0.4) is 0 Å². The van der Waals surface area contributed by atoms with E-state index in [9.17, 15) is 22.0 Å². The summed E-state index contributed by atoms with van der Waals surface area (Å²) in [6, 6.07) is 12.6. The lowest BCUT2D eigenvalue weighted by molar-refractivity contribution is -0.0251. The maximum atomic E-state index is 14.6. The van der Waals surface area contributed by atoms with Crippen LogP contribution in [0.25, 0.3) is 44.0 Å². The van der Waals surface area contributed by atoms with Crippen LogP contribution in [0.1, 0.15) is 39.3 Å². The molecular weight excluding hydrogens is 594 g/mol. The molecule has 0 atom stereocenters. The molecular formula is C31H28F2N4O4S2. The van der Waals surface area contributed by atoms with Crippen molar-refractivity contribution >= 4 is 43.9 Å². The number of thiazole rings is 1. The van der Waals surface area contributed by atoms with Crippen molar-refractivity contribution in [2.24, 2.45) is 0 Å². The number of furan rings is 1. The Balaban J connectivity index is 1.58. The van der Waals surface area contributed by atoms with Crippen molar-refractivity contribution in [1.29, 1.82) is 0 Å². The molecule has 1 N–H and O–H groups in total. The van der Waals surface area contributed by atoms with E-state index in [0.29, 0.717) is 73.0 Å². The zero-order valence-electron chi connectivity index (χ0n) is 23.9. The Morgan fingerprint density at radius 3 is 2.49 bits per heavy atom. The second-order valence-electron chi connectivity index (χ2n) is 10.7. The second kappa shape index (κ2) is 10.5. The van der Waals surface area contributed by atoms with Gasteiger partial charge in [0.2, 0.25) is 10.0 Å². The van der Waals surface area contributed by atoms with Crippen LogP contribution >= 0.6 is 11.3 Å². The van der Waals surface area contributed by atoms with Gasteiger partial charge in [-0.25, -0.2) is 13.4 Å². The van der Waals surface area contributed by atoms with E-state index in [1.165, 1.54) is 25.4 Å². The predicted molar refractivity (Wildman–Crippen MR) is 164 cm³/mol. The van der Waals surface area contributed by atoms with E-state index in [1.54, 1.807) is 30.6 Å². The fourth-order valence-corrected chi connectivity index (χ4v) is 6.93. The van der Waals surface area contributed by atoms with Gasteiger partial charge in [-0.2, -0.15) is 8.78 Å². The first-order valence-electron chi connectivity index (χ1n) is 13.5. The minimum absolute atomic E-state index is 0.180. The maximum absolute atomic E-state index is 14.6. The largest absolute Gasteiger partial charge is 0.455 e. The number of halogens is 2. The molecule has 8 nitrogen and oxygen atoms in total. The van der Waals surface area contributed by atoms with Crippen molar-refractivity contribution in [2.75, 3.05) is 24.7 Å². The molecule has 0 spiro atoms. The molecule has 3 aromatic heterocycles. The number of benzene rings is 2. The third-order valence-electron chi connectivity index (χ3n) is 7.65. The number of aromatic nitrogens is 2. The van der Waals surface area contributed by atoms with Crippen molar-refractivity contribution in [1.82, 2.24) is 15.3 Å². The van der Waals surface area contributed by atoms with Crippen LogP contribution in [0.4, 0.5) is 14.5 Å². The molecule has 0 saturated heterocycles. The zero-order chi connectivity index (χ0) is 30.7. The van der Waals surface area contributed by atoms with Crippen LogP contribution in [0.15, 0.2) is 59.3 Å². The SMILES string of the molecule is CNC(=O)c1c(-c2ccc(C)cc2)oc2cc(N(C)S(C)(=O)=O)c(-c3cncc(-c4nc5c(s4)CCCC5(F)F)c3)cc12. The normalized spacial score (nSPS) is 14.5. The number of nitrogens with zero attached hydrogens (tertiary/aromatic N) is 3. The molecule has 0 unspecified atom stereocenters. The van der Waals surface area contributed by atoms with Gasteiger partial charge < -0.3 is 9.73 Å². The highest BCUT2D eigenvalue weighted by atomic mass is 32.2. The first-order valence-corrected chi connectivity index (χ1v) is 16.2. The van der Waals surface area contributed by atoms with Gasteiger partial charge in [0.15, 0.2) is 0 Å². The van der Waals surface area contributed by atoms with E-state index >= 15 is 0 Å². The summed E-state index contributed by atoms with van der Waals surface area (Å²) in [7, 11) is -0.762. The monoisotopic (exact) mass is 622 g/mol. The molecule has 1 aliphatic carbocycles. The van der Waals surface area contributed by atoms with Gasteiger partial charge in [-0.3, -0.25) is 14.1 Å². The number of fused-ring (bicyclic) bond motifs is 2. The van der Waals surface area contributed by atoms with E-state index in [4.69, 9.17) is 4.42 Å². The average Bonchev–Trinajstić information content (AvgIpc) is 3.58. The van der Waals surface area contributed by atoms with E-state index in [2.05, 4.69) is 15.3 Å². The number of rotatable bonds is 6. The molecule has 43 heavy (non-hydrogen) atoms. The summed E-state index contributed by atoms with van der Waals surface area (Å²) < 4.78 is 62.0. The van der Waals surface area contributed by atoms with Crippen molar-refractivity contribution < 1.29 is 26.4 Å². The van der Waals surface area contributed by atoms with Gasteiger partial charge in [0.25, 0.3) is 11.8 Å². The highest BCUT2D eigenvalue weighted by Gasteiger charge is 2.40. The fourth-order valence-electron chi connectivity index (χ4n) is 5.29. The second-order valence-corrected chi connectivity index (χ2v) is 13.8. The number of carbonyl (C=O) groups excluding carboxylic acids is 1. The van der Waals surface area contributed by atoms with E-state index < -0.39 is 15.9 Å². The number of carbonyl (C=O) groups is 1. The first kappa shape index (κ1) is 28.9. The molecule has 1 amide bonds. The van der Waals surface area contributed by atoms with Gasteiger partial charge in [0.05, 0.1) is 17.5 Å². The summed E-state index contributed by atoms with van der Waals surface area (Å²) in [6.07, 6.45) is 4.91. The van der Waals surface area contributed by atoms with Crippen molar-refractivity contribution in [3.05, 3.63) is 76.6 Å². The Kier molecular flexibility index (Phi) is 7.09. The van der Waals surface area contributed by atoms with E-state index in [0.717, 1.165) is 16.1 Å². The molecule has 0 radical (unpaired) electrons. The molecule has 1 aliphatic rings. The Morgan fingerprint density at radius 2 is 1.81 bits per heavy atom. The van der Waals surface area contributed by atoms with Crippen LogP contribution in [0.2, 0.25) is 0 Å². The van der Waals surface area contributed by atoms with Crippen LogP contribution in [-0.2, 0) is 22.4 Å². The maximum Gasteiger partial charge on any atom is 0.290 e. The summed E-state index contributed by atoms with van der Waals surface area (Å²) in [4.78, 5) is 22.4. The molecule has 12 heteroatoms. The minimum atomic E-state index is -3.72. The average molecular weight is 623 g/mol. The lowest BCUT2D eigenvalue weighted by Gasteiger charge is -2.20. The standard InChI is InChI=1S/C31H28F2N4O4S2/c1-17-7-9-18(10-8-17)27-26(29(38)34-2)22-13-21(23(14-24(22)41-27)37(3)43(4,39)40)19-12-20(16-35-15-19)30-36-28-25(42-30)6-5-11-31(28,32)33/h7-10,12-16H,5-6,11H2,1-4H3,(H,34,38). The third-order valence-corrected chi connectivity index (χ3v) is 10.0. The number of aryl methyl sites for hydroxylation is 2. The first-order chi connectivity index (χ1) is 20.4. The lowest BCUT2D eigenvalue weighted by Crippen LogP contribution is -2.25. The predicted octanol–water partition coefficient (Wildman–Crippen LogP) is 6.78. The molecule has 0 aliphatic heterocycles. The number of alkyl halides is 2. The third kappa shape index (κ3) is 5.18. The Hall–Kier alpha value is -4.16. The minimum Gasteiger partial charge on any atom is -0.455 e. The van der Waals surface area contributed by atoms with Gasteiger partial charge in [-0.1, -0.05) is 29.8 Å². The number of hydrogen-bond donors (Lipinski definition) is 1. The van der Waals surface area contributed by atoms with Gasteiger partial charge in [0, 0.05) is 71.5 Å². The van der Waals surface area contributed by atoms with Crippen LogP contribution in [-0.4, -0.2) is 44.6 Å². The summed E-state index contributed by atoms with van der Waals surface area (Å²) in [5.74, 6) is -3.00. The number of anilines is 1. The number of amides is 1. The van der Waals surface area contributed by atoms with Gasteiger partial charge >= 0.3 is 0 Å². The van der Waals surface area contributed by atoms with Crippen LogP contribution in [0, 0.1) is 6.92 Å². The molecule has 3 heterocycles. The van der Waals surface area contributed by atoms with E-state index in [1.807, 2.05) is 31.2 Å². The number of nitrogens with one attached hydrogen (secondary N) is 1. The summed E-state index contributed by atoms with van der Waals surface area (Å²) >= 11 is 1.22. The Bertz CT molecular complexity index is 2000. The summed E-state index contributed by atoms with van der Waals surface area (Å²) in [5.41, 5.74) is 3.98. The number of sulfonamides is 1. The number of hydrogen-bond acceptors (Lipinski definition) is 7. The molecule has 0 fully saturated rings. The number of pyridine rings is 1. The van der Waals surface area contributed by atoms with Gasteiger partial charge in [0.1, 0.15) is 22.0 Å². The molecule has 0 bridgehead atoms.